The molecule has 0 saturated carbocycles. The van der Waals surface area contributed by atoms with Crippen LogP contribution in [-0.2, 0) is 24.8 Å². The highest BCUT2D eigenvalue weighted by Crippen LogP contribution is 2.35. The number of carbonyl (C=O) groups excluding carboxylic acids is 3. The molecule has 6 rings (SSSR count). The number of imidazole rings is 1. The first kappa shape index (κ1) is 35.2. The molecule has 4 heterocycles. The number of rotatable bonds is 10. The predicted molar refractivity (Wildman–Crippen MR) is 186 cm³/mol. The summed E-state index contributed by atoms with van der Waals surface area (Å²) in [5.41, 5.74) is 2.41. The molecule has 2 aliphatic rings. The Kier molecular flexibility index (Phi) is 10.4. The summed E-state index contributed by atoms with van der Waals surface area (Å²) in [6.45, 7) is 5.42. The summed E-state index contributed by atoms with van der Waals surface area (Å²) >= 11 is 6.53. The molecule has 14 heteroatoms. The molecule has 1 unspecified atom stereocenters. The number of hydrogen-bond donors (Lipinski definition) is 2. The SMILES string of the molecule is CCC(CC[NH+](C)C)C(=O)N1CCN(C(=O)c2ccc(NC(=O)c3ncc(-c4ccc(-c5cnn6c5CCC6)c(F)c4F)n3C)cc2Cl)CC1. The van der Waals surface area contributed by atoms with Gasteiger partial charge in [-0.1, -0.05) is 24.6 Å². The number of nitrogens with zero attached hydrogens (tertiary/aromatic N) is 6. The second-order valence-corrected chi connectivity index (χ2v) is 13.7. The fraction of sp³-hybridized carbons (Fsp3) is 0.417. The van der Waals surface area contributed by atoms with Crippen molar-refractivity contribution in [2.45, 2.75) is 39.2 Å². The molecule has 2 aromatic carbocycles. The minimum Gasteiger partial charge on any atom is -0.340 e. The van der Waals surface area contributed by atoms with Crippen molar-refractivity contribution in [2.24, 2.45) is 13.0 Å². The Labute approximate surface area is 294 Å². The highest BCUT2D eigenvalue weighted by atomic mass is 35.5. The van der Waals surface area contributed by atoms with E-state index in [1.807, 2.05) is 16.5 Å². The largest absolute Gasteiger partial charge is 0.340 e. The number of anilines is 1. The maximum Gasteiger partial charge on any atom is 0.291 e. The molecule has 2 N–H and O–H groups in total. The number of nitrogens with one attached hydrogen (secondary N) is 2. The highest BCUT2D eigenvalue weighted by Gasteiger charge is 2.30. The number of amides is 3. The molecule has 11 nitrogen and oxygen atoms in total. The first-order valence-electron chi connectivity index (χ1n) is 17.0. The number of quaternary nitrogens is 1. The summed E-state index contributed by atoms with van der Waals surface area (Å²) in [6.07, 6.45) is 6.16. The lowest BCUT2D eigenvalue weighted by atomic mass is 10.00. The summed E-state index contributed by atoms with van der Waals surface area (Å²) in [6, 6.07) is 7.61. The summed E-state index contributed by atoms with van der Waals surface area (Å²) in [5.74, 6) is -2.79. The standard InChI is InChI=1S/C36H41ClF2N8O3/c1-5-22(12-14-43(2)3)35(49)45-15-17-46(18-16-45)36(50)25-9-8-23(19-28(25)37)42-34(48)33-40-21-30(44(33)4)26-11-10-24(31(38)32(26)39)27-20-41-47-13-6-7-29(27)47/h8-11,19-22H,5-7,12-18H2,1-4H3,(H,42,48)/p+1. The van der Waals surface area contributed by atoms with Gasteiger partial charge in [-0.2, -0.15) is 5.10 Å². The Hall–Kier alpha value is -4.62. The summed E-state index contributed by atoms with van der Waals surface area (Å²) in [4.78, 5) is 48.7. The van der Waals surface area contributed by atoms with Crippen molar-refractivity contribution < 1.29 is 28.1 Å². The van der Waals surface area contributed by atoms with E-state index in [4.69, 9.17) is 11.6 Å². The Morgan fingerprint density at radius 1 is 0.960 bits per heavy atom. The Morgan fingerprint density at radius 3 is 2.36 bits per heavy atom. The number of halogens is 3. The highest BCUT2D eigenvalue weighted by molar-refractivity contribution is 6.34. The smallest absolute Gasteiger partial charge is 0.291 e. The fourth-order valence-electron chi connectivity index (χ4n) is 6.79. The quantitative estimate of drug-likeness (QED) is 0.260. The van der Waals surface area contributed by atoms with Gasteiger partial charge in [0.1, 0.15) is 0 Å². The molecule has 1 saturated heterocycles. The zero-order valence-corrected chi connectivity index (χ0v) is 29.5. The monoisotopic (exact) mass is 707 g/mol. The van der Waals surface area contributed by atoms with Crippen LogP contribution in [0.3, 0.4) is 0 Å². The van der Waals surface area contributed by atoms with Crippen molar-refractivity contribution in [2.75, 3.05) is 52.1 Å². The molecule has 3 amide bonds. The van der Waals surface area contributed by atoms with Gasteiger partial charge in [-0.15, -0.1) is 0 Å². The zero-order valence-electron chi connectivity index (χ0n) is 28.7. The van der Waals surface area contributed by atoms with E-state index in [1.54, 1.807) is 30.3 Å². The molecule has 0 radical (unpaired) electrons. The Bertz CT molecular complexity index is 1930. The van der Waals surface area contributed by atoms with Gasteiger partial charge in [0.05, 0.1) is 49.3 Å². The predicted octanol–water partition coefficient (Wildman–Crippen LogP) is 3.93. The average molecular weight is 708 g/mol. The third kappa shape index (κ3) is 6.88. The van der Waals surface area contributed by atoms with Gasteiger partial charge in [-0.3, -0.25) is 19.1 Å². The van der Waals surface area contributed by atoms with E-state index in [0.717, 1.165) is 44.5 Å². The van der Waals surface area contributed by atoms with Crippen LogP contribution < -0.4 is 10.2 Å². The van der Waals surface area contributed by atoms with Crippen LogP contribution in [0.15, 0.2) is 42.7 Å². The maximum atomic E-state index is 15.5. The first-order valence-corrected chi connectivity index (χ1v) is 17.4. The van der Waals surface area contributed by atoms with E-state index in [1.165, 1.54) is 33.9 Å². The summed E-state index contributed by atoms with van der Waals surface area (Å²) in [5, 5.41) is 7.17. The first-order chi connectivity index (χ1) is 24.0. The molecular weight excluding hydrogens is 666 g/mol. The normalized spacial score (nSPS) is 15.0. The van der Waals surface area contributed by atoms with Crippen LogP contribution >= 0.6 is 11.6 Å². The number of aromatic nitrogens is 4. The lowest BCUT2D eigenvalue weighted by Crippen LogP contribution is -3.05. The minimum atomic E-state index is -1.04. The Morgan fingerprint density at radius 2 is 1.66 bits per heavy atom. The minimum absolute atomic E-state index is 0.0219. The average Bonchev–Trinajstić information content (AvgIpc) is 3.83. The molecule has 0 bridgehead atoms. The zero-order chi connectivity index (χ0) is 35.7. The van der Waals surface area contributed by atoms with Crippen LogP contribution in [0.5, 0.6) is 0 Å². The molecule has 264 valence electrons. The van der Waals surface area contributed by atoms with Crippen LogP contribution in [0.4, 0.5) is 14.5 Å². The van der Waals surface area contributed by atoms with Crippen LogP contribution in [0, 0.1) is 17.6 Å². The Balaban J connectivity index is 1.09. The molecule has 1 fully saturated rings. The third-order valence-electron chi connectivity index (χ3n) is 9.74. The van der Waals surface area contributed by atoms with Gasteiger partial charge >= 0.3 is 0 Å². The van der Waals surface area contributed by atoms with Crippen molar-refractivity contribution in [3.8, 4) is 22.4 Å². The molecule has 4 aromatic rings. The van der Waals surface area contributed by atoms with Gasteiger partial charge in [-0.05, 0) is 43.5 Å². The van der Waals surface area contributed by atoms with Crippen LogP contribution in [0.25, 0.3) is 22.4 Å². The van der Waals surface area contributed by atoms with Gasteiger partial charge < -0.3 is 24.6 Å². The van der Waals surface area contributed by atoms with Crippen molar-refractivity contribution in [1.82, 2.24) is 29.1 Å². The van der Waals surface area contributed by atoms with E-state index in [0.29, 0.717) is 37.4 Å². The van der Waals surface area contributed by atoms with Crippen LogP contribution in [0.1, 0.15) is 52.9 Å². The number of piperazine rings is 1. The second-order valence-electron chi connectivity index (χ2n) is 13.3. The van der Waals surface area contributed by atoms with Gasteiger partial charge in [-0.25, -0.2) is 13.8 Å². The molecule has 2 aliphatic heterocycles. The van der Waals surface area contributed by atoms with Crippen molar-refractivity contribution in [3.05, 3.63) is 76.5 Å². The molecule has 2 aromatic heterocycles. The van der Waals surface area contributed by atoms with E-state index in [-0.39, 0.29) is 51.0 Å². The third-order valence-corrected chi connectivity index (χ3v) is 10.1. The molecule has 1 atom stereocenters. The van der Waals surface area contributed by atoms with E-state index >= 15 is 8.78 Å². The molecule has 0 aliphatic carbocycles. The number of fused-ring (bicyclic) bond motifs is 1. The lowest BCUT2D eigenvalue weighted by molar-refractivity contribution is -0.858. The van der Waals surface area contributed by atoms with E-state index < -0.39 is 17.5 Å². The van der Waals surface area contributed by atoms with Gasteiger partial charge in [0.2, 0.25) is 5.91 Å². The van der Waals surface area contributed by atoms with Crippen molar-refractivity contribution in [1.29, 1.82) is 0 Å². The topological polar surface area (TPSA) is 110 Å². The molecule has 50 heavy (non-hydrogen) atoms. The number of carbonyl (C=O) groups is 3. The van der Waals surface area contributed by atoms with E-state index in [2.05, 4.69) is 29.5 Å². The van der Waals surface area contributed by atoms with Crippen molar-refractivity contribution in [3.63, 3.8) is 0 Å². The maximum absolute atomic E-state index is 15.5. The summed E-state index contributed by atoms with van der Waals surface area (Å²) in [7, 11) is 5.69. The number of benzene rings is 2. The number of hydrogen-bond acceptors (Lipinski definition) is 5. The molecule has 0 spiro atoms. The fourth-order valence-corrected chi connectivity index (χ4v) is 7.05. The summed E-state index contributed by atoms with van der Waals surface area (Å²) < 4.78 is 34.0. The molecular formula is C36H42ClF2N8O3+. The van der Waals surface area contributed by atoms with Crippen molar-refractivity contribution >= 4 is 35.0 Å². The van der Waals surface area contributed by atoms with E-state index in [9.17, 15) is 14.4 Å². The van der Waals surface area contributed by atoms with Gasteiger partial charge in [0.15, 0.2) is 17.5 Å². The number of aryl methyl sites for hydroxylation is 1. The lowest BCUT2D eigenvalue weighted by Gasteiger charge is -2.36. The van der Waals surface area contributed by atoms with Crippen LogP contribution in [-0.4, -0.2) is 93.7 Å². The van der Waals surface area contributed by atoms with Gasteiger partial charge in [0.25, 0.3) is 11.8 Å². The van der Waals surface area contributed by atoms with Crippen LogP contribution in [0.2, 0.25) is 5.02 Å². The van der Waals surface area contributed by atoms with Gasteiger partial charge in [0, 0.05) is 80.2 Å². The second kappa shape index (κ2) is 14.7.